The normalized spacial score (nSPS) is 14.0. The monoisotopic (exact) mass is 422 g/mol. The Bertz CT molecular complexity index is 989. The molecule has 0 saturated carbocycles. The van der Waals surface area contributed by atoms with Crippen LogP contribution in [0.25, 0.3) is 0 Å². The maximum absolute atomic E-state index is 13.1. The summed E-state index contributed by atoms with van der Waals surface area (Å²) in [6.07, 6.45) is 1.42. The van der Waals surface area contributed by atoms with E-state index in [0.29, 0.717) is 38.3 Å². The Morgan fingerprint density at radius 3 is 2.32 bits per heavy atom. The number of anilines is 1. The van der Waals surface area contributed by atoms with Crippen molar-refractivity contribution in [2.75, 3.05) is 38.2 Å². The molecule has 0 bridgehead atoms. The van der Waals surface area contributed by atoms with Crippen molar-refractivity contribution in [1.29, 1.82) is 5.26 Å². The number of rotatable bonds is 6. The number of nitriles is 1. The van der Waals surface area contributed by atoms with Crippen molar-refractivity contribution in [3.8, 4) is 6.07 Å². The first-order chi connectivity index (χ1) is 15.0. The third-order valence-corrected chi connectivity index (χ3v) is 5.04. The van der Waals surface area contributed by atoms with Gasteiger partial charge < -0.3 is 19.9 Å². The Kier molecular flexibility index (Phi) is 7.22. The smallest absolute Gasteiger partial charge is 0.337 e. The number of hydrogen-bond donors (Lipinski definition) is 1. The molecule has 1 aliphatic heterocycles. The van der Waals surface area contributed by atoms with Crippen molar-refractivity contribution in [3.63, 3.8) is 0 Å². The van der Waals surface area contributed by atoms with Gasteiger partial charge in [0.05, 0.1) is 12.7 Å². The largest absolute Gasteiger partial charge is 0.465 e. The lowest BCUT2D eigenvalue weighted by atomic mass is 10.1. The zero-order valence-electron chi connectivity index (χ0n) is 17.2. The van der Waals surface area contributed by atoms with Crippen LogP contribution in [0.5, 0.6) is 0 Å². The first-order valence-electron chi connectivity index (χ1n) is 9.82. The number of methoxy groups -OCH3 is 1. The van der Waals surface area contributed by atoms with E-state index in [-0.39, 0.29) is 17.3 Å². The number of nitrogens with zero attached hydrogens (tertiary/aromatic N) is 3. The molecule has 0 aromatic heterocycles. The molecule has 0 spiro atoms. The highest BCUT2D eigenvalue weighted by molar-refractivity contribution is 5.97. The Morgan fingerprint density at radius 1 is 1.10 bits per heavy atom. The van der Waals surface area contributed by atoms with Crippen LogP contribution in [0.3, 0.4) is 0 Å². The molecule has 1 amide bonds. The van der Waals surface area contributed by atoms with Gasteiger partial charge in [0.1, 0.15) is 17.5 Å². The summed E-state index contributed by atoms with van der Waals surface area (Å²) in [5, 5.41) is 12.4. The van der Waals surface area contributed by atoms with E-state index in [4.69, 9.17) is 0 Å². The number of piperazine rings is 1. The lowest BCUT2D eigenvalue weighted by molar-refractivity contribution is -0.127. The number of carbonyl (C=O) groups excluding carboxylic acids is 2. The Balaban J connectivity index is 1.53. The Hall–Kier alpha value is -3.86. The molecule has 2 aromatic rings. The number of hydrogen-bond acceptors (Lipinski definition) is 6. The molecule has 1 N–H and O–H groups in total. The summed E-state index contributed by atoms with van der Waals surface area (Å²) in [6.45, 7) is 2.57. The van der Waals surface area contributed by atoms with Crippen molar-refractivity contribution in [3.05, 3.63) is 77.2 Å². The van der Waals surface area contributed by atoms with E-state index in [9.17, 15) is 19.2 Å². The molecule has 160 valence electrons. The second-order valence-corrected chi connectivity index (χ2v) is 6.99. The number of carbonyl (C=O) groups is 2. The van der Waals surface area contributed by atoms with E-state index in [2.05, 4.69) is 15.0 Å². The summed E-state index contributed by atoms with van der Waals surface area (Å²) in [4.78, 5) is 27.9. The van der Waals surface area contributed by atoms with Crippen molar-refractivity contribution in [2.24, 2.45) is 0 Å². The lowest BCUT2D eigenvalue weighted by Gasteiger charge is -2.36. The number of amides is 1. The predicted molar refractivity (Wildman–Crippen MR) is 114 cm³/mol. The molecular formula is C23H23FN4O3. The minimum Gasteiger partial charge on any atom is -0.465 e. The molecule has 1 aliphatic rings. The molecular weight excluding hydrogens is 399 g/mol. The van der Waals surface area contributed by atoms with Gasteiger partial charge in [-0.05, 0) is 42.0 Å². The van der Waals surface area contributed by atoms with E-state index in [1.807, 2.05) is 6.07 Å². The minimum atomic E-state index is -0.406. The number of esters is 1. The summed E-state index contributed by atoms with van der Waals surface area (Å²) in [7, 11) is 1.33. The summed E-state index contributed by atoms with van der Waals surface area (Å²) < 4.78 is 17.8. The Labute approximate surface area is 180 Å². The van der Waals surface area contributed by atoms with Crippen LogP contribution in [0.4, 0.5) is 10.1 Å². The van der Waals surface area contributed by atoms with Gasteiger partial charge in [-0.2, -0.15) is 5.26 Å². The van der Waals surface area contributed by atoms with Crippen LogP contribution >= 0.6 is 0 Å². The average molecular weight is 422 g/mol. The van der Waals surface area contributed by atoms with E-state index >= 15 is 0 Å². The highest BCUT2D eigenvalue weighted by atomic mass is 19.1. The topological polar surface area (TPSA) is 85.7 Å². The molecule has 1 heterocycles. The van der Waals surface area contributed by atoms with Gasteiger partial charge in [-0.1, -0.05) is 12.1 Å². The van der Waals surface area contributed by atoms with Gasteiger partial charge >= 0.3 is 5.97 Å². The van der Waals surface area contributed by atoms with E-state index < -0.39 is 5.97 Å². The molecule has 1 fully saturated rings. The molecule has 0 atom stereocenters. The maximum Gasteiger partial charge on any atom is 0.337 e. The first-order valence-corrected chi connectivity index (χ1v) is 9.82. The summed E-state index contributed by atoms with van der Waals surface area (Å²) in [6, 6.07) is 15.1. The number of benzene rings is 2. The third kappa shape index (κ3) is 5.60. The standard InChI is InChI=1S/C23H23FN4O3/c1-31-23(30)18-4-2-17(3-5-18)15-26-16-19(14-25)22(29)28-12-10-27(11-13-28)21-8-6-20(24)7-9-21/h2-9,16,26H,10-13,15H2,1H3/b19-16-. The van der Waals surface area contributed by atoms with Gasteiger partial charge in [-0.25, -0.2) is 9.18 Å². The van der Waals surface area contributed by atoms with Crippen LogP contribution < -0.4 is 10.2 Å². The fraction of sp³-hybridized carbons (Fsp3) is 0.261. The van der Waals surface area contributed by atoms with E-state index in [0.717, 1.165) is 11.3 Å². The summed E-state index contributed by atoms with van der Waals surface area (Å²) >= 11 is 0. The molecule has 0 aliphatic carbocycles. The SMILES string of the molecule is COC(=O)c1ccc(CN/C=C(/C#N)C(=O)N2CCN(c3ccc(F)cc3)CC2)cc1. The van der Waals surface area contributed by atoms with Gasteiger partial charge in [-0.3, -0.25) is 4.79 Å². The molecule has 2 aromatic carbocycles. The minimum absolute atomic E-state index is 0.0291. The van der Waals surface area contributed by atoms with Crippen LogP contribution in [0.2, 0.25) is 0 Å². The molecule has 1 saturated heterocycles. The second kappa shape index (κ2) is 10.3. The predicted octanol–water partition coefficient (Wildman–Crippen LogP) is 2.46. The highest BCUT2D eigenvalue weighted by Gasteiger charge is 2.23. The zero-order chi connectivity index (χ0) is 22.2. The number of nitrogens with one attached hydrogen (secondary N) is 1. The fourth-order valence-electron chi connectivity index (χ4n) is 3.28. The molecule has 31 heavy (non-hydrogen) atoms. The third-order valence-electron chi connectivity index (χ3n) is 5.04. The zero-order valence-corrected chi connectivity index (χ0v) is 17.2. The van der Waals surface area contributed by atoms with Crippen LogP contribution in [0, 0.1) is 17.1 Å². The lowest BCUT2D eigenvalue weighted by Crippen LogP contribution is -2.49. The van der Waals surface area contributed by atoms with E-state index in [1.165, 1.54) is 25.4 Å². The summed E-state index contributed by atoms with van der Waals surface area (Å²) in [5.74, 6) is -1.01. The van der Waals surface area contributed by atoms with Gasteiger partial charge in [-0.15, -0.1) is 0 Å². The van der Waals surface area contributed by atoms with Crippen molar-refractivity contribution in [1.82, 2.24) is 10.2 Å². The molecule has 8 heteroatoms. The number of ether oxygens (including phenoxy) is 1. The quantitative estimate of drug-likeness (QED) is 0.437. The molecule has 3 rings (SSSR count). The summed E-state index contributed by atoms with van der Waals surface area (Å²) in [5.41, 5.74) is 2.28. The first kappa shape index (κ1) is 21.8. The van der Waals surface area contributed by atoms with Gasteiger partial charge in [0.2, 0.25) is 0 Å². The van der Waals surface area contributed by atoms with Crippen molar-refractivity contribution in [2.45, 2.75) is 6.54 Å². The van der Waals surface area contributed by atoms with Crippen LogP contribution in [-0.2, 0) is 16.1 Å². The second-order valence-electron chi connectivity index (χ2n) is 6.99. The van der Waals surface area contributed by atoms with Crippen LogP contribution in [0.15, 0.2) is 60.3 Å². The molecule has 7 nitrogen and oxygen atoms in total. The maximum atomic E-state index is 13.1. The van der Waals surface area contributed by atoms with Gasteiger partial charge in [0.15, 0.2) is 0 Å². The fourth-order valence-corrected chi connectivity index (χ4v) is 3.28. The molecule has 0 radical (unpaired) electrons. The number of halogens is 1. The van der Waals surface area contributed by atoms with Gasteiger partial charge in [0, 0.05) is 44.6 Å². The van der Waals surface area contributed by atoms with Crippen LogP contribution in [-0.4, -0.2) is 50.1 Å². The Morgan fingerprint density at radius 2 is 1.74 bits per heavy atom. The van der Waals surface area contributed by atoms with Crippen LogP contribution in [0.1, 0.15) is 15.9 Å². The van der Waals surface area contributed by atoms with Crippen molar-refractivity contribution >= 4 is 17.6 Å². The van der Waals surface area contributed by atoms with Gasteiger partial charge in [0.25, 0.3) is 5.91 Å². The highest BCUT2D eigenvalue weighted by Crippen LogP contribution is 2.17. The van der Waals surface area contributed by atoms with Crippen molar-refractivity contribution < 1.29 is 18.7 Å². The molecule has 0 unspecified atom stereocenters. The van der Waals surface area contributed by atoms with E-state index in [1.54, 1.807) is 41.3 Å². The average Bonchev–Trinajstić information content (AvgIpc) is 2.82.